The van der Waals surface area contributed by atoms with E-state index in [9.17, 15) is 24.9 Å². The summed E-state index contributed by atoms with van der Waals surface area (Å²) in [5.74, 6) is 0.559. The number of nitrogens with zero attached hydrogens (tertiary/aromatic N) is 4. The van der Waals surface area contributed by atoms with Crippen molar-refractivity contribution in [3.05, 3.63) is 96.6 Å². The number of rotatable bonds is 14. The van der Waals surface area contributed by atoms with Crippen molar-refractivity contribution in [2.24, 2.45) is 0 Å². The third kappa shape index (κ3) is 7.52. The van der Waals surface area contributed by atoms with Crippen molar-refractivity contribution in [2.75, 3.05) is 33.4 Å². The van der Waals surface area contributed by atoms with E-state index in [1.165, 1.54) is 34.8 Å². The highest BCUT2D eigenvalue weighted by Crippen LogP contribution is 2.41. The number of H-pyrrole nitrogens is 1. The molecule has 1 fully saturated rings. The highest BCUT2D eigenvalue weighted by Gasteiger charge is 2.45. The molecule has 2 aromatic carbocycles. The number of carbonyl (C=O) groups excluding carboxylic acids is 1. The number of hydrogen-bond acceptors (Lipinski definition) is 14. The number of aromatic hydroxyl groups is 1. The summed E-state index contributed by atoms with van der Waals surface area (Å²) in [6.45, 7) is 2.85. The van der Waals surface area contributed by atoms with Gasteiger partial charge in [0.15, 0.2) is 11.5 Å². The fourth-order valence-electron chi connectivity index (χ4n) is 7.80. The van der Waals surface area contributed by atoms with E-state index in [0.717, 1.165) is 49.7 Å². The molecule has 0 saturated heterocycles. The monoisotopic (exact) mass is 800 g/mol. The number of phenolic OH excluding ortho intramolecular Hbond substituents is 1. The number of fused-ring (bicyclic) bond motifs is 4. The first kappa shape index (κ1) is 38.1. The molecule has 2 aliphatic rings. The van der Waals surface area contributed by atoms with Crippen LogP contribution in [0.25, 0.3) is 21.9 Å². The fraction of sp³-hybridized carbons (Fsp3) is 0.400. The van der Waals surface area contributed by atoms with E-state index in [1.807, 2.05) is 33.6 Å². The summed E-state index contributed by atoms with van der Waals surface area (Å²) in [5, 5.41) is 49.4. The molecule has 56 heavy (non-hydrogen) atoms. The van der Waals surface area contributed by atoms with Crippen LogP contribution in [0.3, 0.4) is 0 Å². The molecule has 0 amide bonds. The van der Waals surface area contributed by atoms with E-state index in [1.54, 1.807) is 24.3 Å². The number of esters is 1. The van der Waals surface area contributed by atoms with Gasteiger partial charge in [0, 0.05) is 42.7 Å². The standard InChI is InChI=1S/C40H44N6O8S2/c1-45(25-7-9-26(10-8-25)54-39(50)40(51,32-5-2-19-55-32)33-6-3-20-56-33)15-4-16-46-36-29(43-44-46)21-24(37-38(36)53-18-17-52-37)22-41-23-31(48)27-11-13-30(47)35-28(27)12-14-34(49)42-35/h2-3,5-6,11-14,19-21,25-26,31,41,47-48,51H,4,7-10,15-18,22-23H2,1H3,(H,42,49)/t25-,26-,31-/m0/s1. The maximum Gasteiger partial charge on any atom is 0.349 e. The quantitative estimate of drug-likeness (QED) is 0.0950. The van der Waals surface area contributed by atoms with Gasteiger partial charge in [0.2, 0.25) is 11.2 Å². The molecule has 294 valence electrons. The molecule has 14 nitrogen and oxygen atoms in total. The molecular weight excluding hydrogens is 757 g/mol. The van der Waals surface area contributed by atoms with Crippen LogP contribution in [-0.4, -0.2) is 91.7 Å². The second kappa shape index (κ2) is 16.3. The summed E-state index contributed by atoms with van der Waals surface area (Å²) in [4.78, 5) is 31.4. The molecule has 1 atom stereocenters. The van der Waals surface area contributed by atoms with Crippen LogP contribution in [0, 0.1) is 0 Å². The van der Waals surface area contributed by atoms with Crippen molar-refractivity contribution in [2.45, 2.75) is 69.0 Å². The van der Waals surface area contributed by atoms with Crippen molar-refractivity contribution in [1.82, 2.24) is 30.2 Å². The Morgan fingerprint density at radius 3 is 2.52 bits per heavy atom. The maximum absolute atomic E-state index is 13.4. The van der Waals surface area contributed by atoms with Crippen molar-refractivity contribution >= 4 is 50.6 Å². The molecular formula is C40H44N6O8S2. The molecule has 1 aliphatic carbocycles. The Bertz CT molecular complexity index is 2320. The van der Waals surface area contributed by atoms with E-state index >= 15 is 0 Å². The lowest BCUT2D eigenvalue weighted by atomic mass is 9.91. The minimum Gasteiger partial charge on any atom is -0.506 e. The number of aryl methyl sites for hydroxylation is 1. The van der Waals surface area contributed by atoms with Gasteiger partial charge in [0.25, 0.3) is 0 Å². The summed E-state index contributed by atoms with van der Waals surface area (Å²) in [6, 6.07) is 15.6. The van der Waals surface area contributed by atoms with Crippen LogP contribution in [0.1, 0.15) is 59.1 Å². The summed E-state index contributed by atoms with van der Waals surface area (Å²) in [7, 11) is 2.13. The van der Waals surface area contributed by atoms with Gasteiger partial charge in [-0.3, -0.25) is 4.79 Å². The van der Waals surface area contributed by atoms with E-state index < -0.39 is 17.7 Å². The molecule has 1 aliphatic heterocycles. The summed E-state index contributed by atoms with van der Waals surface area (Å²) >= 11 is 2.69. The van der Waals surface area contributed by atoms with Gasteiger partial charge in [-0.15, -0.1) is 27.8 Å². The van der Waals surface area contributed by atoms with Gasteiger partial charge in [-0.2, -0.15) is 0 Å². The number of aromatic nitrogens is 4. The number of benzene rings is 2. The number of thiophene rings is 2. The molecule has 6 aromatic rings. The Morgan fingerprint density at radius 2 is 1.80 bits per heavy atom. The van der Waals surface area contributed by atoms with Gasteiger partial charge in [0.1, 0.15) is 36.1 Å². The first-order chi connectivity index (χ1) is 27.2. The van der Waals surface area contributed by atoms with Crippen LogP contribution in [0.15, 0.2) is 70.2 Å². The number of nitrogens with one attached hydrogen (secondary N) is 2. The van der Waals surface area contributed by atoms with Gasteiger partial charge in [-0.1, -0.05) is 23.4 Å². The topological polar surface area (TPSA) is 184 Å². The molecule has 0 unspecified atom stereocenters. The van der Waals surface area contributed by atoms with Crippen molar-refractivity contribution < 1.29 is 34.3 Å². The second-order valence-electron chi connectivity index (χ2n) is 14.3. The van der Waals surface area contributed by atoms with Crippen LogP contribution in [-0.2, 0) is 28.2 Å². The minimum atomic E-state index is -1.80. The average molecular weight is 801 g/mol. The Labute approximate surface area is 330 Å². The second-order valence-corrected chi connectivity index (χ2v) is 16.2. The highest BCUT2D eigenvalue weighted by atomic mass is 32.1. The lowest BCUT2D eigenvalue weighted by Gasteiger charge is -2.35. The third-order valence-electron chi connectivity index (χ3n) is 10.8. The zero-order chi connectivity index (χ0) is 38.8. The highest BCUT2D eigenvalue weighted by molar-refractivity contribution is 7.12. The molecule has 1 saturated carbocycles. The first-order valence-corrected chi connectivity index (χ1v) is 20.6. The Morgan fingerprint density at radius 1 is 1.07 bits per heavy atom. The number of ether oxygens (including phenoxy) is 3. The van der Waals surface area contributed by atoms with Crippen molar-refractivity contribution in [3.8, 4) is 17.2 Å². The number of hydrogen-bond donors (Lipinski definition) is 5. The van der Waals surface area contributed by atoms with Gasteiger partial charge < -0.3 is 44.7 Å². The lowest BCUT2D eigenvalue weighted by Crippen LogP contribution is -2.42. The number of aliphatic hydroxyl groups is 2. The van der Waals surface area contributed by atoms with Gasteiger partial charge in [-0.25, -0.2) is 9.48 Å². The number of aromatic amines is 1. The first-order valence-electron chi connectivity index (χ1n) is 18.8. The van der Waals surface area contributed by atoms with Crippen molar-refractivity contribution in [1.29, 1.82) is 0 Å². The van der Waals surface area contributed by atoms with Crippen LogP contribution >= 0.6 is 22.7 Å². The third-order valence-corrected chi connectivity index (χ3v) is 12.7. The van der Waals surface area contributed by atoms with Crippen LogP contribution in [0.4, 0.5) is 0 Å². The normalized spacial score (nSPS) is 17.8. The smallest absolute Gasteiger partial charge is 0.349 e. The molecule has 0 spiro atoms. The summed E-state index contributed by atoms with van der Waals surface area (Å²) in [6.07, 6.45) is 2.91. The number of phenols is 1. The van der Waals surface area contributed by atoms with Crippen LogP contribution < -0.4 is 20.3 Å². The molecule has 16 heteroatoms. The van der Waals surface area contributed by atoms with E-state index in [4.69, 9.17) is 14.2 Å². The van der Waals surface area contributed by atoms with E-state index in [2.05, 4.69) is 32.6 Å². The number of carbonyl (C=O) groups is 1. The summed E-state index contributed by atoms with van der Waals surface area (Å²) in [5.41, 5.74) is 1.03. The molecule has 4 aromatic heterocycles. The van der Waals surface area contributed by atoms with Gasteiger partial charge >= 0.3 is 5.97 Å². The van der Waals surface area contributed by atoms with Crippen LogP contribution in [0.2, 0.25) is 0 Å². The zero-order valence-electron chi connectivity index (χ0n) is 30.8. The average Bonchev–Trinajstić information content (AvgIpc) is 4.02. The van der Waals surface area contributed by atoms with E-state index in [-0.39, 0.29) is 29.5 Å². The molecule has 5 heterocycles. The molecule has 0 radical (unpaired) electrons. The Hall–Kier alpha value is -4.84. The predicted molar refractivity (Wildman–Crippen MR) is 212 cm³/mol. The number of aliphatic hydroxyl groups excluding tert-OH is 1. The fourth-order valence-corrected chi connectivity index (χ4v) is 9.51. The molecule has 8 rings (SSSR count). The maximum atomic E-state index is 13.4. The largest absolute Gasteiger partial charge is 0.506 e. The summed E-state index contributed by atoms with van der Waals surface area (Å²) < 4.78 is 20.1. The van der Waals surface area contributed by atoms with Crippen LogP contribution in [0.5, 0.6) is 17.2 Å². The minimum absolute atomic E-state index is 0.0611. The van der Waals surface area contributed by atoms with Gasteiger partial charge in [-0.05, 0) is 92.4 Å². The Kier molecular flexibility index (Phi) is 11.1. The Balaban J connectivity index is 0.855. The zero-order valence-corrected chi connectivity index (χ0v) is 32.5. The lowest BCUT2D eigenvalue weighted by molar-refractivity contribution is -0.169. The number of pyridine rings is 1. The SMILES string of the molecule is CN(CCCn1nnc2cc(CNC[C@H](O)c3ccc(O)c4[nH]c(=O)ccc34)c3c(c21)OCCO3)[C@H]1CC[C@H](OC(=O)C(O)(c2cccs2)c2cccs2)CC1. The van der Waals surface area contributed by atoms with Crippen molar-refractivity contribution in [3.63, 3.8) is 0 Å². The molecule has 0 bridgehead atoms. The van der Waals surface area contributed by atoms with Gasteiger partial charge in [0.05, 0.1) is 21.4 Å². The predicted octanol–water partition coefficient (Wildman–Crippen LogP) is 4.81. The molecule has 5 N–H and O–H groups in total. The van der Waals surface area contributed by atoms with E-state index in [0.29, 0.717) is 70.1 Å².